The van der Waals surface area contributed by atoms with Crippen LogP contribution in [0.4, 0.5) is 0 Å². The Morgan fingerprint density at radius 2 is 2.33 bits per heavy atom. The largest absolute Gasteiger partial charge is 0.504 e. The number of fused-ring (bicyclic) bond motifs is 2. The number of carbonyl (C=O) groups is 1. The number of H-pyrrole nitrogens is 1. The fraction of sp³-hybridized carbons (Fsp3) is 0.667. The minimum absolute atomic E-state index is 0.0467. The number of carbonyl (C=O) groups excluding carboxylic acids is 1. The number of nitrogens with zero attached hydrogens (tertiary/aromatic N) is 2. The Balaban J connectivity index is 1.77. The molecule has 0 spiro atoms. The summed E-state index contributed by atoms with van der Waals surface area (Å²) >= 11 is 0. The Kier molecular flexibility index (Phi) is 2.55. The molecule has 0 radical (unpaired) electrons. The molecule has 0 aromatic carbocycles. The summed E-state index contributed by atoms with van der Waals surface area (Å²) in [6.45, 7) is 4.77. The summed E-state index contributed by atoms with van der Waals surface area (Å²) in [4.78, 5) is 14.5. The molecule has 6 heteroatoms. The van der Waals surface area contributed by atoms with E-state index in [1.807, 2.05) is 0 Å². The summed E-state index contributed by atoms with van der Waals surface area (Å²) in [5.41, 5.74) is 0.515. The Labute approximate surface area is 105 Å². The van der Waals surface area contributed by atoms with Crippen LogP contribution in [0.5, 0.6) is 5.75 Å². The molecular weight excluding hydrogens is 232 g/mol. The fourth-order valence-corrected chi connectivity index (χ4v) is 3.05. The normalized spacial score (nSPS) is 30.4. The third-order valence-electron chi connectivity index (χ3n) is 4.08. The second-order valence-electron chi connectivity index (χ2n) is 5.40. The van der Waals surface area contributed by atoms with Crippen LogP contribution < -0.4 is 5.32 Å². The molecule has 2 aliphatic rings. The second-order valence-corrected chi connectivity index (χ2v) is 5.40. The number of hydrogen-bond acceptors (Lipinski definition) is 4. The van der Waals surface area contributed by atoms with Crippen molar-refractivity contribution in [3.63, 3.8) is 0 Å². The molecular formula is C12H18N4O2. The summed E-state index contributed by atoms with van der Waals surface area (Å²) in [6.07, 6.45) is 3.13. The van der Waals surface area contributed by atoms with Crippen molar-refractivity contribution in [2.75, 3.05) is 19.6 Å². The lowest BCUT2D eigenvalue weighted by Gasteiger charge is -2.34. The second kappa shape index (κ2) is 3.98. The summed E-state index contributed by atoms with van der Waals surface area (Å²) in [5.74, 6) is -0.300. The minimum Gasteiger partial charge on any atom is -0.504 e. The van der Waals surface area contributed by atoms with Gasteiger partial charge in [0.25, 0.3) is 5.91 Å². The van der Waals surface area contributed by atoms with Crippen LogP contribution in [0.3, 0.4) is 0 Å². The molecule has 3 N–H and O–H groups in total. The number of rotatable bonds is 2. The number of nitrogens with one attached hydrogen (secondary N) is 2. The maximum absolute atomic E-state index is 12.2. The smallest absolute Gasteiger partial charge is 0.273 e. The molecule has 1 amide bonds. The number of aromatic amines is 1. The molecule has 18 heavy (non-hydrogen) atoms. The van der Waals surface area contributed by atoms with Gasteiger partial charge in [-0.25, -0.2) is 0 Å². The monoisotopic (exact) mass is 250 g/mol. The molecule has 98 valence electrons. The van der Waals surface area contributed by atoms with Crippen molar-refractivity contribution in [2.45, 2.75) is 31.7 Å². The minimum atomic E-state index is -0.253. The van der Waals surface area contributed by atoms with Crippen LogP contribution in [-0.2, 0) is 0 Å². The van der Waals surface area contributed by atoms with Gasteiger partial charge in [-0.2, -0.15) is 5.10 Å². The van der Waals surface area contributed by atoms with Gasteiger partial charge in [0, 0.05) is 13.1 Å². The summed E-state index contributed by atoms with van der Waals surface area (Å²) in [7, 11) is 0. The van der Waals surface area contributed by atoms with Gasteiger partial charge in [-0.05, 0) is 32.7 Å². The Bertz CT molecular complexity index is 480. The number of hydrogen-bond donors (Lipinski definition) is 3. The first-order valence-electron chi connectivity index (χ1n) is 6.38. The van der Waals surface area contributed by atoms with Crippen LogP contribution in [0, 0.1) is 6.92 Å². The Morgan fingerprint density at radius 3 is 3.06 bits per heavy atom. The van der Waals surface area contributed by atoms with Gasteiger partial charge in [-0.3, -0.25) is 9.89 Å². The molecule has 3 rings (SSSR count). The van der Waals surface area contributed by atoms with Gasteiger partial charge in [-0.1, -0.05) is 0 Å². The highest BCUT2D eigenvalue weighted by Gasteiger charge is 2.42. The van der Waals surface area contributed by atoms with E-state index in [9.17, 15) is 9.90 Å². The number of aromatic nitrogens is 2. The summed E-state index contributed by atoms with van der Waals surface area (Å²) < 4.78 is 0. The van der Waals surface area contributed by atoms with Crippen LogP contribution in [0.1, 0.15) is 35.4 Å². The van der Waals surface area contributed by atoms with E-state index in [1.165, 1.54) is 0 Å². The number of aryl methyl sites for hydroxylation is 1. The van der Waals surface area contributed by atoms with Crippen LogP contribution in [0.2, 0.25) is 0 Å². The van der Waals surface area contributed by atoms with E-state index < -0.39 is 0 Å². The van der Waals surface area contributed by atoms with E-state index in [2.05, 4.69) is 20.4 Å². The lowest BCUT2D eigenvalue weighted by molar-refractivity contribution is 0.0870. The lowest BCUT2D eigenvalue weighted by atomic mass is 9.90. The maximum atomic E-state index is 12.2. The summed E-state index contributed by atoms with van der Waals surface area (Å²) in [5, 5.41) is 19.3. The van der Waals surface area contributed by atoms with Crippen LogP contribution in [-0.4, -0.2) is 51.3 Å². The van der Waals surface area contributed by atoms with Gasteiger partial charge in [0.15, 0.2) is 11.4 Å². The molecule has 1 aromatic rings. The first kappa shape index (κ1) is 11.5. The van der Waals surface area contributed by atoms with Gasteiger partial charge in [0.2, 0.25) is 0 Å². The first-order valence-corrected chi connectivity index (χ1v) is 6.38. The van der Waals surface area contributed by atoms with E-state index in [4.69, 9.17) is 0 Å². The third-order valence-corrected chi connectivity index (χ3v) is 4.08. The van der Waals surface area contributed by atoms with Gasteiger partial charge in [0.1, 0.15) is 5.69 Å². The Hall–Kier alpha value is -1.56. The van der Waals surface area contributed by atoms with Crippen molar-refractivity contribution in [1.82, 2.24) is 20.4 Å². The predicted molar refractivity (Wildman–Crippen MR) is 65.5 cm³/mol. The van der Waals surface area contributed by atoms with E-state index in [0.717, 1.165) is 38.9 Å². The zero-order chi connectivity index (χ0) is 12.8. The molecule has 2 fully saturated rings. The fourth-order valence-electron chi connectivity index (χ4n) is 3.05. The highest BCUT2D eigenvalue weighted by atomic mass is 16.3. The van der Waals surface area contributed by atoms with Crippen molar-refractivity contribution >= 4 is 5.91 Å². The lowest BCUT2D eigenvalue weighted by Crippen LogP contribution is -2.52. The zero-order valence-electron chi connectivity index (χ0n) is 10.5. The Morgan fingerprint density at radius 1 is 1.50 bits per heavy atom. The average molecular weight is 250 g/mol. The number of amides is 1. The standard InChI is InChI=1S/C12H18N4O2/c1-8-10(17)9(15-14-8)11(18)13-12-3-2-5-16(7-12)6-4-12/h17H,2-7H2,1H3,(H,13,18)(H,14,15). The van der Waals surface area contributed by atoms with E-state index in [-0.39, 0.29) is 22.9 Å². The first-order chi connectivity index (χ1) is 8.60. The van der Waals surface area contributed by atoms with E-state index in [1.54, 1.807) is 6.92 Å². The SMILES string of the molecule is Cc1n[nH]c(C(=O)NC23CCCN(CC2)C3)c1O. The molecule has 3 heterocycles. The highest BCUT2D eigenvalue weighted by molar-refractivity contribution is 5.95. The maximum Gasteiger partial charge on any atom is 0.273 e. The quantitative estimate of drug-likeness (QED) is 0.709. The van der Waals surface area contributed by atoms with E-state index >= 15 is 0 Å². The third kappa shape index (κ3) is 1.77. The number of piperidine rings is 1. The van der Waals surface area contributed by atoms with Crippen LogP contribution >= 0.6 is 0 Å². The van der Waals surface area contributed by atoms with Gasteiger partial charge < -0.3 is 15.3 Å². The molecule has 2 saturated heterocycles. The van der Waals surface area contributed by atoms with Gasteiger partial charge >= 0.3 is 0 Å². The van der Waals surface area contributed by atoms with Crippen LogP contribution in [0.15, 0.2) is 0 Å². The average Bonchev–Trinajstić information content (AvgIpc) is 2.81. The highest BCUT2D eigenvalue weighted by Crippen LogP contribution is 2.31. The molecule has 6 nitrogen and oxygen atoms in total. The number of aromatic hydroxyl groups is 1. The molecule has 2 atom stereocenters. The van der Waals surface area contributed by atoms with Crippen molar-refractivity contribution in [3.8, 4) is 5.75 Å². The molecule has 0 aliphatic carbocycles. The molecule has 2 aliphatic heterocycles. The molecule has 1 aromatic heterocycles. The van der Waals surface area contributed by atoms with E-state index in [0.29, 0.717) is 5.69 Å². The van der Waals surface area contributed by atoms with Crippen molar-refractivity contribution in [3.05, 3.63) is 11.4 Å². The molecule has 2 bridgehead atoms. The zero-order valence-corrected chi connectivity index (χ0v) is 10.5. The van der Waals surface area contributed by atoms with Gasteiger partial charge in [-0.15, -0.1) is 0 Å². The summed E-state index contributed by atoms with van der Waals surface area (Å²) in [6, 6.07) is 0. The predicted octanol–water partition coefficient (Wildman–Crippen LogP) is 0.392. The molecule has 2 unspecified atom stereocenters. The van der Waals surface area contributed by atoms with Crippen LogP contribution in [0.25, 0.3) is 0 Å². The van der Waals surface area contributed by atoms with Crippen molar-refractivity contribution in [2.24, 2.45) is 0 Å². The van der Waals surface area contributed by atoms with Crippen molar-refractivity contribution in [1.29, 1.82) is 0 Å². The topological polar surface area (TPSA) is 81.2 Å². The van der Waals surface area contributed by atoms with Crippen molar-refractivity contribution < 1.29 is 9.90 Å². The van der Waals surface area contributed by atoms with Gasteiger partial charge in [0.05, 0.1) is 5.54 Å². The molecule has 0 saturated carbocycles.